The van der Waals surface area contributed by atoms with Crippen molar-refractivity contribution in [2.45, 2.75) is 25.9 Å². The zero-order valence-corrected chi connectivity index (χ0v) is 18.4. The molecule has 33 heavy (non-hydrogen) atoms. The fraction of sp³-hybridized carbons (Fsp3) is 0.320. The number of carbonyl (C=O) groups excluding carboxylic acids is 1. The van der Waals surface area contributed by atoms with Gasteiger partial charge in [-0.1, -0.05) is 12.1 Å². The highest BCUT2D eigenvalue weighted by Gasteiger charge is 2.11. The third-order valence-corrected chi connectivity index (χ3v) is 5.56. The summed E-state index contributed by atoms with van der Waals surface area (Å²) in [5.74, 6) is -0.251. The van der Waals surface area contributed by atoms with Crippen LogP contribution >= 0.6 is 0 Å². The fourth-order valence-electron chi connectivity index (χ4n) is 3.81. The Balaban J connectivity index is 1.34. The Kier molecular flexibility index (Phi) is 7.47. The second-order valence-electron chi connectivity index (χ2n) is 8.05. The summed E-state index contributed by atoms with van der Waals surface area (Å²) in [5.41, 5.74) is 1.37. The molecule has 172 valence electrons. The van der Waals surface area contributed by atoms with Crippen LogP contribution in [0.2, 0.25) is 0 Å². The maximum absolute atomic E-state index is 13.3. The van der Waals surface area contributed by atoms with Crippen LogP contribution in [0, 0.1) is 5.82 Å². The normalized spacial score (nSPS) is 13.7. The summed E-state index contributed by atoms with van der Waals surface area (Å²) in [6.45, 7) is 4.06. The molecule has 1 amide bonds. The lowest BCUT2D eigenvalue weighted by atomic mass is 10.2. The van der Waals surface area contributed by atoms with E-state index < -0.39 is 0 Å². The molecular formula is C25H27FN4O3. The quantitative estimate of drug-likeness (QED) is 0.507. The van der Waals surface area contributed by atoms with Crippen molar-refractivity contribution in [3.8, 4) is 11.6 Å². The molecule has 2 aromatic carbocycles. The van der Waals surface area contributed by atoms with Gasteiger partial charge in [0.25, 0.3) is 11.5 Å². The van der Waals surface area contributed by atoms with Gasteiger partial charge in [0.1, 0.15) is 12.4 Å². The number of nitrogens with one attached hydrogen (secondary N) is 1. The predicted molar refractivity (Wildman–Crippen MR) is 123 cm³/mol. The van der Waals surface area contributed by atoms with E-state index in [4.69, 9.17) is 4.74 Å². The van der Waals surface area contributed by atoms with Crippen molar-refractivity contribution >= 4 is 5.91 Å². The smallest absolute Gasteiger partial charge is 0.271 e. The maximum Gasteiger partial charge on any atom is 0.271 e. The second-order valence-corrected chi connectivity index (χ2v) is 8.05. The summed E-state index contributed by atoms with van der Waals surface area (Å²) in [5, 5.41) is 7.18. The van der Waals surface area contributed by atoms with E-state index >= 15 is 0 Å². The van der Waals surface area contributed by atoms with E-state index in [9.17, 15) is 14.0 Å². The molecule has 1 fully saturated rings. The molecule has 0 radical (unpaired) electrons. The number of hydrogen-bond acceptors (Lipinski definition) is 5. The van der Waals surface area contributed by atoms with Gasteiger partial charge in [-0.05, 0) is 80.9 Å². The van der Waals surface area contributed by atoms with Crippen LogP contribution in [-0.4, -0.2) is 46.8 Å². The molecule has 4 rings (SSSR count). The molecule has 1 aliphatic heterocycles. The second kappa shape index (κ2) is 10.9. The monoisotopic (exact) mass is 450 g/mol. The Morgan fingerprint density at radius 2 is 1.85 bits per heavy atom. The van der Waals surface area contributed by atoms with E-state index in [1.807, 2.05) is 0 Å². The van der Waals surface area contributed by atoms with Crippen molar-refractivity contribution < 1.29 is 13.9 Å². The third-order valence-electron chi connectivity index (χ3n) is 5.56. The van der Waals surface area contributed by atoms with Crippen molar-refractivity contribution in [3.63, 3.8) is 0 Å². The summed E-state index contributed by atoms with van der Waals surface area (Å²) < 4.78 is 20.1. The predicted octanol–water partition coefficient (Wildman–Crippen LogP) is 3.17. The number of rotatable bonds is 9. The zero-order valence-electron chi connectivity index (χ0n) is 18.4. The summed E-state index contributed by atoms with van der Waals surface area (Å²) in [4.78, 5) is 27.1. The number of amides is 1. The Morgan fingerprint density at radius 3 is 2.61 bits per heavy atom. The Hall–Kier alpha value is -3.52. The van der Waals surface area contributed by atoms with Crippen molar-refractivity contribution in [2.75, 3.05) is 26.2 Å². The van der Waals surface area contributed by atoms with Gasteiger partial charge in [-0.2, -0.15) is 4.68 Å². The molecule has 0 unspecified atom stereocenters. The van der Waals surface area contributed by atoms with Crippen molar-refractivity contribution in [1.82, 2.24) is 20.0 Å². The van der Waals surface area contributed by atoms with E-state index in [1.165, 1.54) is 41.8 Å². The highest BCUT2D eigenvalue weighted by Crippen LogP contribution is 2.12. The van der Waals surface area contributed by atoms with Gasteiger partial charge in [0.15, 0.2) is 0 Å². The first-order valence-corrected chi connectivity index (χ1v) is 11.2. The average molecular weight is 451 g/mol. The van der Waals surface area contributed by atoms with Gasteiger partial charge in [-0.25, -0.2) is 4.39 Å². The molecule has 7 nitrogen and oxygen atoms in total. The van der Waals surface area contributed by atoms with Crippen molar-refractivity contribution in [2.24, 2.45) is 0 Å². The molecule has 1 N–H and O–H groups in total. The summed E-state index contributed by atoms with van der Waals surface area (Å²) in [7, 11) is 0. The van der Waals surface area contributed by atoms with Crippen molar-refractivity contribution in [3.05, 3.63) is 88.0 Å². The average Bonchev–Trinajstić information content (AvgIpc) is 3.35. The first-order valence-electron chi connectivity index (χ1n) is 11.2. The lowest BCUT2D eigenvalue weighted by Crippen LogP contribution is -2.28. The van der Waals surface area contributed by atoms with Crippen LogP contribution in [0.25, 0.3) is 5.69 Å². The molecule has 0 aliphatic carbocycles. The number of nitrogens with zero attached hydrogens (tertiary/aromatic N) is 3. The molecule has 2 heterocycles. The summed E-state index contributed by atoms with van der Waals surface area (Å²) >= 11 is 0. The molecule has 0 saturated carbocycles. The number of likely N-dealkylation sites (tertiary alicyclic amines) is 1. The van der Waals surface area contributed by atoms with Crippen molar-refractivity contribution in [1.29, 1.82) is 0 Å². The van der Waals surface area contributed by atoms with Crippen LogP contribution in [0.3, 0.4) is 0 Å². The minimum absolute atomic E-state index is 0.125. The van der Waals surface area contributed by atoms with Crippen LogP contribution in [0.1, 0.15) is 35.2 Å². The number of carbonyl (C=O) groups is 1. The van der Waals surface area contributed by atoms with Crippen LogP contribution in [0.5, 0.6) is 5.88 Å². The van der Waals surface area contributed by atoms with Gasteiger partial charge in [0, 0.05) is 24.2 Å². The Morgan fingerprint density at radius 1 is 1.06 bits per heavy atom. The first-order chi connectivity index (χ1) is 16.1. The molecule has 1 aliphatic rings. The van der Waals surface area contributed by atoms with E-state index in [-0.39, 0.29) is 29.8 Å². The van der Waals surface area contributed by atoms with E-state index in [0.717, 1.165) is 26.1 Å². The summed E-state index contributed by atoms with van der Waals surface area (Å²) in [6, 6.07) is 15.6. The maximum atomic E-state index is 13.3. The van der Waals surface area contributed by atoms with Gasteiger partial charge in [0.05, 0.1) is 5.69 Å². The molecule has 1 saturated heterocycles. The topological polar surface area (TPSA) is 76.5 Å². The van der Waals surface area contributed by atoms with Gasteiger partial charge >= 0.3 is 0 Å². The number of hydrogen-bond donors (Lipinski definition) is 1. The SMILES string of the molecule is O=C(NCCCN1CCCC1)c1ccc(-n2nc(OCc3cccc(F)c3)ccc2=O)cc1. The number of aromatic nitrogens is 2. The summed E-state index contributed by atoms with van der Waals surface area (Å²) in [6.07, 6.45) is 3.45. The van der Waals surface area contributed by atoms with Gasteiger partial charge in [-0.15, -0.1) is 5.10 Å². The standard InChI is InChI=1S/C25H27FN4O3/c26-21-6-3-5-19(17-21)18-33-23-11-12-24(31)30(28-23)22-9-7-20(8-10-22)25(32)27-13-4-16-29-14-1-2-15-29/h3,5-12,17H,1-2,4,13-16,18H2,(H,27,32). The minimum Gasteiger partial charge on any atom is -0.472 e. The lowest BCUT2D eigenvalue weighted by molar-refractivity contribution is 0.0952. The molecule has 1 aromatic heterocycles. The van der Waals surface area contributed by atoms with Gasteiger partial charge in [0.2, 0.25) is 5.88 Å². The Labute approximate surface area is 191 Å². The molecular weight excluding hydrogens is 423 g/mol. The molecule has 0 bridgehead atoms. The fourth-order valence-corrected chi connectivity index (χ4v) is 3.81. The minimum atomic E-state index is -0.343. The van der Waals surface area contributed by atoms with E-state index in [0.29, 0.717) is 23.4 Å². The highest BCUT2D eigenvalue weighted by atomic mass is 19.1. The van der Waals surface area contributed by atoms with Crippen LogP contribution in [0.4, 0.5) is 4.39 Å². The first kappa shape index (κ1) is 22.7. The largest absolute Gasteiger partial charge is 0.472 e. The van der Waals surface area contributed by atoms with Crippen LogP contribution in [0.15, 0.2) is 65.5 Å². The molecule has 0 atom stereocenters. The number of benzene rings is 2. The van der Waals surface area contributed by atoms with Gasteiger partial charge < -0.3 is 15.0 Å². The van der Waals surface area contributed by atoms with Gasteiger partial charge in [-0.3, -0.25) is 9.59 Å². The zero-order chi connectivity index (χ0) is 23.0. The van der Waals surface area contributed by atoms with Crippen LogP contribution in [-0.2, 0) is 6.61 Å². The van der Waals surface area contributed by atoms with E-state index in [1.54, 1.807) is 36.4 Å². The Bertz CT molecular complexity index is 1140. The highest BCUT2D eigenvalue weighted by molar-refractivity contribution is 5.94. The van der Waals surface area contributed by atoms with E-state index in [2.05, 4.69) is 15.3 Å². The van der Waals surface area contributed by atoms with Crippen LogP contribution < -0.4 is 15.6 Å². The molecule has 8 heteroatoms. The molecule has 3 aromatic rings. The number of ether oxygens (including phenoxy) is 1. The lowest BCUT2D eigenvalue weighted by Gasteiger charge is -2.14. The number of halogens is 1. The molecule has 0 spiro atoms. The third kappa shape index (κ3) is 6.26.